The topological polar surface area (TPSA) is 0 Å². The number of hydrogen-bond acceptors (Lipinski definition) is 0. The quantitative estimate of drug-likeness (QED) is 0.251. The van der Waals surface area contributed by atoms with Crippen LogP contribution in [0.4, 0.5) is 0 Å². The molecule has 2 aromatic rings. The van der Waals surface area contributed by atoms with E-state index in [4.69, 9.17) is 0 Å². The van der Waals surface area contributed by atoms with Crippen LogP contribution in [0.15, 0.2) is 36.4 Å². The van der Waals surface area contributed by atoms with E-state index in [1.807, 2.05) is 0 Å². The van der Waals surface area contributed by atoms with Crippen molar-refractivity contribution >= 4 is 65.3 Å². The van der Waals surface area contributed by atoms with Gasteiger partial charge in [0.05, 0.1) is 0 Å². The molecule has 1 heterocycles. The molecule has 0 N–H and O–H groups in total. The lowest BCUT2D eigenvalue weighted by Gasteiger charge is -2.33. The Morgan fingerprint density at radius 3 is 1.71 bits per heavy atom. The fourth-order valence-corrected chi connectivity index (χ4v) is 9.16. The van der Waals surface area contributed by atoms with Gasteiger partial charge in [0.2, 0.25) is 0 Å². The summed E-state index contributed by atoms with van der Waals surface area (Å²) in [6.45, 7) is 4.99. The first-order valence-electron chi connectivity index (χ1n) is 8.59. The smallest absolute Gasteiger partial charge is 0.0308 e. The molecule has 0 aromatic heterocycles. The molecule has 0 bridgehead atoms. The van der Waals surface area contributed by atoms with E-state index in [0.29, 0.717) is 5.66 Å². The predicted octanol–water partition coefficient (Wildman–Crippen LogP) is 7.52. The second-order valence-electron chi connectivity index (χ2n) is 7.00. The van der Waals surface area contributed by atoms with Crippen molar-refractivity contribution in [2.24, 2.45) is 0 Å². The molecule has 2 aliphatic rings. The number of benzene rings is 2. The van der Waals surface area contributed by atoms with Crippen LogP contribution in [0.5, 0.6) is 0 Å². The summed E-state index contributed by atoms with van der Waals surface area (Å²) in [7, 11) is -0.0474. The maximum atomic E-state index is 2.49. The molecule has 24 heavy (non-hydrogen) atoms. The van der Waals surface area contributed by atoms with Crippen LogP contribution in [0.3, 0.4) is 0 Å². The van der Waals surface area contributed by atoms with E-state index in [9.17, 15) is 0 Å². The van der Waals surface area contributed by atoms with E-state index in [2.05, 4.69) is 108 Å². The molecule has 0 spiro atoms. The molecule has 0 saturated carbocycles. The number of fused-ring (bicyclic) bond motifs is 2. The molecule has 2 aromatic carbocycles. The van der Waals surface area contributed by atoms with Gasteiger partial charge in [0, 0.05) is 12.8 Å². The third-order valence-corrected chi connectivity index (χ3v) is 10.5. The van der Waals surface area contributed by atoms with E-state index in [1.165, 1.54) is 31.1 Å². The van der Waals surface area contributed by atoms with Crippen molar-refractivity contribution in [3.05, 3.63) is 65.8 Å². The average molecular weight is 558 g/mol. The summed E-state index contributed by atoms with van der Waals surface area (Å²) in [5.74, 6) is 0. The van der Waals surface area contributed by atoms with Gasteiger partial charge < -0.3 is 0 Å². The molecule has 0 unspecified atom stereocenters. The van der Waals surface area contributed by atoms with Crippen molar-refractivity contribution in [2.45, 2.75) is 43.7 Å². The highest BCUT2D eigenvalue weighted by molar-refractivity contribution is 14.1. The van der Waals surface area contributed by atoms with E-state index in [1.54, 1.807) is 11.1 Å². The van der Waals surface area contributed by atoms with Gasteiger partial charge in [0.1, 0.15) is 0 Å². The lowest BCUT2D eigenvalue weighted by atomic mass is 9.99. The highest BCUT2D eigenvalue weighted by Gasteiger charge is 2.39. The largest absolute Gasteiger partial charge is 0.0885 e. The van der Waals surface area contributed by atoms with Crippen LogP contribution >= 0.6 is 53.1 Å². The second-order valence-corrected chi connectivity index (χ2v) is 12.7. The van der Waals surface area contributed by atoms with Crippen molar-refractivity contribution < 1.29 is 0 Å². The van der Waals surface area contributed by atoms with Crippen LogP contribution in [0, 0.1) is 7.14 Å². The van der Waals surface area contributed by atoms with Crippen molar-refractivity contribution in [3.63, 3.8) is 0 Å². The SMILES string of the molecule is C[C@H]1CC[C@H](C)P1C1c2cc(I)ccc2C=Cc2ccc(I)cc21. The Kier molecular flexibility index (Phi) is 5.10. The molecule has 0 nitrogen and oxygen atoms in total. The number of hydrogen-bond donors (Lipinski definition) is 0. The maximum Gasteiger partial charge on any atom is 0.0308 e. The van der Waals surface area contributed by atoms with Gasteiger partial charge in [-0.15, -0.1) is 0 Å². The Balaban J connectivity index is 1.97. The summed E-state index contributed by atoms with van der Waals surface area (Å²) < 4.78 is 2.71. The number of rotatable bonds is 1. The minimum atomic E-state index is -0.0474. The zero-order valence-electron chi connectivity index (χ0n) is 14.0. The Labute approximate surface area is 173 Å². The van der Waals surface area contributed by atoms with E-state index < -0.39 is 0 Å². The van der Waals surface area contributed by atoms with E-state index in [0.717, 1.165) is 11.3 Å². The fraction of sp³-hybridized carbons (Fsp3) is 0.333. The van der Waals surface area contributed by atoms with Crippen molar-refractivity contribution in [1.82, 2.24) is 0 Å². The molecule has 124 valence electrons. The van der Waals surface area contributed by atoms with E-state index in [-0.39, 0.29) is 7.92 Å². The van der Waals surface area contributed by atoms with Crippen molar-refractivity contribution in [3.8, 4) is 0 Å². The standard InChI is InChI=1S/C21H21I2P/c1-13-3-4-14(2)24(13)21-19-11-17(22)9-7-15(19)5-6-16-8-10-18(23)12-20(16)21/h5-14,21H,3-4H2,1-2H3/t13-,14-/m0/s1. The highest BCUT2D eigenvalue weighted by atomic mass is 127. The molecular weight excluding hydrogens is 537 g/mol. The summed E-state index contributed by atoms with van der Waals surface area (Å²) in [4.78, 5) is 0. The fourth-order valence-electron chi connectivity index (χ4n) is 4.26. The van der Waals surface area contributed by atoms with E-state index >= 15 is 0 Å². The minimum Gasteiger partial charge on any atom is -0.0885 e. The van der Waals surface area contributed by atoms with Gasteiger partial charge in [-0.25, -0.2) is 0 Å². The summed E-state index contributed by atoms with van der Waals surface area (Å²) in [5, 5.41) is 0. The zero-order chi connectivity index (χ0) is 16.8. The Bertz CT molecular complexity index is 746. The summed E-state index contributed by atoms with van der Waals surface area (Å²) >= 11 is 4.94. The Hall–Kier alpha value is 0.0700. The van der Waals surface area contributed by atoms with Gasteiger partial charge in [-0.2, -0.15) is 0 Å². The lowest BCUT2D eigenvalue weighted by Crippen LogP contribution is -2.11. The molecule has 1 aliphatic heterocycles. The third-order valence-electron chi connectivity index (χ3n) is 5.45. The van der Waals surface area contributed by atoms with Crippen LogP contribution < -0.4 is 0 Å². The molecular formula is C21H21I2P. The van der Waals surface area contributed by atoms with Gasteiger partial charge in [0.15, 0.2) is 0 Å². The van der Waals surface area contributed by atoms with Crippen molar-refractivity contribution in [2.75, 3.05) is 0 Å². The summed E-state index contributed by atoms with van der Waals surface area (Å²) in [6, 6.07) is 14.0. The maximum absolute atomic E-state index is 2.49. The molecule has 4 rings (SSSR count). The third kappa shape index (κ3) is 3.12. The zero-order valence-corrected chi connectivity index (χ0v) is 19.2. The first kappa shape index (κ1) is 17.5. The Morgan fingerprint density at radius 2 is 1.25 bits per heavy atom. The van der Waals surface area contributed by atoms with Gasteiger partial charge >= 0.3 is 0 Å². The Morgan fingerprint density at radius 1 is 0.792 bits per heavy atom. The highest BCUT2D eigenvalue weighted by Crippen LogP contribution is 2.67. The molecule has 3 heteroatoms. The minimum absolute atomic E-state index is 0.0474. The monoisotopic (exact) mass is 558 g/mol. The van der Waals surface area contributed by atoms with Crippen LogP contribution in [-0.2, 0) is 0 Å². The summed E-state index contributed by atoms with van der Waals surface area (Å²) in [6.07, 6.45) is 7.46. The van der Waals surface area contributed by atoms with Gasteiger partial charge in [-0.1, -0.05) is 46.1 Å². The van der Waals surface area contributed by atoms with Gasteiger partial charge in [-0.3, -0.25) is 0 Å². The normalized spacial score (nSPS) is 23.8. The molecule has 0 amide bonds. The molecule has 2 atom stereocenters. The predicted molar refractivity (Wildman–Crippen MR) is 124 cm³/mol. The summed E-state index contributed by atoms with van der Waals surface area (Å²) in [5.41, 5.74) is 8.25. The van der Waals surface area contributed by atoms with Crippen molar-refractivity contribution in [1.29, 1.82) is 0 Å². The lowest BCUT2D eigenvalue weighted by molar-refractivity contribution is 0.777. The first-order chi connectivity index (χ1) is 11.5. The average Bonchev–Trinajstić information content (AvgIpc) is 2.80. The molecule has 1 fully saturated rings. The first-order valence-corrected chi connectivity index (χ1v) is 12.3. The van der Waals surface area contributed by atoms with Crippen LogP contribution in [0.25, 0.3) is 12.2 Å². The van der Waals surface area contributed by atoms with Crippen LogP contribution in [0.1, 0.15) is 54.6 Å². The van der Waals surface area contributed by atoms with Gasteiger partial charge in [-0.05, 0) is 116 Å². The van der Waals surface area contributed by atoms with Crippen LogP contribution in [-0.4, -0.2) is 11.3 Å². The van der Waals surface area contributed by atoms with Crippen LogP contribution in [0.2, 0.25) is 0 Å². The molecule has 0 radical (unpaired) electrons. The molecule has 1 aliphatic carbocycles. The number of halogens is 2. The second kappa shape index (κ2) is 7.00. The molecule has 1 saturated heterocycles. The van der Waals surface area contributed by atoms with Gasteiger partial charge in [0.25, 0.3) is 0 Å².